The zero-order valence-electron chi connectivity index (χ0n) is 27.4. The number of amides is 2. The van der Waals surface area contributed by atoms with E-state index in [0.717, 1.165) is 24.6 Å². The van der Waals surface area contributed by atoms with E-state index in [9.17, 15) is 19.5 Å². The molecule has 0 aliphatic heterocycles. The molecule has 0 fully saturated rings. The minimum Gasteiger partial charge on any atom is -0.394 e. The van der Waals surface area contributed by atoms with Gasteiger partial charge in [-0.2, -0.15) is 0 Å². The molecule has 1 aromatic carbocycles. The molecular formula is C35H58N2O7S. The minimum atomic E-state index is -0.942. The molecule has 256 valence electrons. The predicted molar refractivity (Wildman–Crippen MR) is 183 cm³/mol. The van der Waals surface area contributed by atoms with E-state index in [-0.39, 0.29) is 22.7 Å². The van der Waals surface area contributed by atoms with Crippen molar-refractivity contribution in [1.82, 2.24) is 10.6 Å². The van der Waals surface area contributed by atoms with Crippen LogP contribution in [0.25, 0.3) is 0 Å². The lowest BCUT2D eigenvalue weighted by atomic mass is 10.1. The molecule has 10 heteroatoms. The number of nitrogens with one attached hydrogen (secondary N) is 2. The van der Waals surface area contributed by atoms with E-state index in [4.69, 9.17) is 14.6 Å². The monoisotopic (exact) mass is 650 g/mol. The van der Waals surface area contributed by atoms with Crippen LogP contribution in [0, 0.1) is 0 Å². The summed E-state index contributed by atoms with van der Waals surface area (Å²) in [5.74, 6) is -0.0896. The van der Waals surface area contributed by atoms with Gasteiger partial charge in [-0.05, 0) is 56.4 Å². The highest BCUT2D eigenvalue weighted by Crippen LogP contribution is 2.15. The summed E-state index contributed by atoms with van der Waals surface area (Å²) in [6, 6.07) is 6.26. The van der Waals surface area contributed by atoms with Crippen LogP contribution in [-0.4, -0.2) is 85.1 Å². The van der Waals surface area contributed by atoms with Gasteiger partial charge in [-0.1, -0.05) is 82.2 Å². The Morgan fingerprint density at radius 1 is 0.756 bits per heavy atom. The molecule has 0 saturated heterocycles. The van der Waals surface area contributed by atoms with E-state index >= 15 is 0 Å². The average molecular weight is 651 g/mol. The fraction of sp³-hybridized carbons (Fsp3) is 0.686. The molecule has 0 aliphatic carbocycles. The smallest absolute Gasteiger partial charge is 0.251 e. The van der Waals surface area contributed by atoms with E-state index in [0.29, 0.717) is 57.1 Å². The van der Waals surface area contributed by atoms with Gasteiger partial charge < -0.3 is 30.3 Å². The van der Waals surface area contributed by atoms with Crippen molar-refractivity contribution in [2.24, 2.45) is 0 Å². The zero-order chi connectivity index (χ0) is 32.8. The average Bonchev–Trinajstić information content (AvgIpc) is 3.05. The number of carbonyl (C=O) groups is 3. The molecule has 4 N–H and O–H groups in total. The van der Waals surface area contributed by atoms with Gasteiger partial charge in [0.1, 0.15) is 0 Å². The number of ether oxygens (including phenoxy) is 2. The molecule has 0 saturated carbocycles. The van der Waals surface area contributed by atoms with Gasteiger partial charge >= 0.3 is 0 Å². The summed E-state index contributed by atoms with van der Waals surface area (Å²) in [7, 11) is 0. The van der Waals surface area contributed by atoms with E-state index < -0.39 is 12.7 Å². The second kappa shape index (κ2) is 29.2. The van der Waals surface area contributed by atoms with Crippen LogP contribution in [0.15, 0.2) is 36.4 Å². The molecule has 1 aromatic rings. The number of allylic oxidation sites excluding steroid dienone is 2. The molecule has 2 amide bonds. The van der Waals surface area contributed by atoms with Crippen LogP contribution >= 0.6 is 11.8 Å². The molecule has 9 nitrogen and oxygen atoms in total. The highest BCUT2D eigenvalue weighted by molar-refractivity contribution is 8.14. The van der Waals surface area contributed by atoms with E-state index in [1.165, 1.54) is 70.6 Å². The first-order valence-corrected chi connectivity index (χ1v) is 17.9. The number of carbonyl (C=O) groups excluding carboxylic acids is 3. The molecule has 0 aliphatic rings. The number of benzene rings is 1. The van der Waals surface area contributed by atoms with Crippen molar-refractivity contribution < 1.29 is 34.1 Å². The van der Waals surface area contributed by atoms with Gasteiger partial charge in [-0.15, -0.1) is 0 Å². The van der Waals surface area contributed by atoms with E-state index in [1.807, 2.05) is 0 Å². The molecule has 1 rings (SSSR count). The number of hydrogen-bond donors (Lipinski definition) is 4. The number of thioether (sulfide) groups is 1. The third kappa shape index (κ3) is 23.7. The lowest BCUT2D eigenvalue weighted by molar-refractivity contribution is -0.121. The van der Waals surface area contributed by atoms with Crippen molar-refractivity contribution >= 4 is 28.7 Å². The third-order valence-corrected chi connectivity index (χ3v) is 8.19. The number of rotatable bonds is 29. The minimum absolute atomic E-state index is 0.0706. The summed E-state index contributed by atoms with van der Waals surface area (Å²) in [5, 5.41) is 23.6. The Labute approximate surface area is 275 Å². The van der Waals surface area contributed by atoms with Crippen molar-refractivity contribution in [3.8, 4) is 0 Å². The van der Waals surface area contributed by atoms with Gasteiger partial charge in [0.05, 0.1) is 39.1 Å². The van der Waals surface area contributed by atoms with Crippen molar-refractivity contribution in [3.05, 3.63) is 47.5 Å². The number of unbranched alkanes of at least 4 members (excludes halogenated alkanes) is 11. The first-order valence-electron chi connectivity index (χ1n) is 16.9. The molecule has 0 radical (unpaired) electrons. The van der Waals surface area contributed by atoms with Gasteiger partial charge in [0.25, 0.3) is 5.91 Å². The summed E-state index contributed by atoms with van der Waals surface area (Å²) in [6.45, 7) is 4.23. The van der Waals surface area contributed by atoms with Crippen molar-refractivity contribution in [3.63, 3.8) is 0 Å². The van der Waals surface area contributed by atoms with Crippen LogP contribution in [0.1, 0.15) is 118 Å². The van der Waals surface area contributed by atoms with Crippen LogP contribution in [0.5, 0.6) is 0 Å². The van der Waals surface area contributed by atoms with E-state index in [2.05, 4.69) is 29.7 Å². The van der Waals surface area contributed by atoms with Crippen molar-refractivity contribution in [1.29, 1.82) is 0 Å². The summed E-state index contributed by atoms with van der Waals surface area (Å²) in [4.78, 5) is 36.3. The Hall–Kier alpha value is -2.24. The molecular weight excluding hydrogens is 592 g/mol. The molecule has 0 bridgehead atoms. The van der Waals surface area contributed by atoms with Crippen molar-refractivity contribution in [2.45, 2.75) is 103 Å². The summed E-state index contributed by atoms with van der Waals surface area (Å²) < 4.78 is 11.0. The van der Waals surface area contributed by atoms with Crippen LogP contribution in [0.3, 0.4) is 0 Å². The fourth-order valence-electron chi connectivity index (χ4n) is 4.43. The van der Waals surface area contributed by atoms with Gasteiger partial charge in [-0.3, -0.25) is 14.4 Å². The maximum absolute atomic E-state index is 12.3. The fourth-order valence-corrected chi connectivity index (χ4v) is 5.19. The SMILES string of the molecule is CCCCCCCC/C=C\CCCCCCCC(=O)NCCOCCOCCNC(=O)c1ccc(C(=O)SCC(O)CO)cc1. The lowest BCUT2D eigenvalue weighted by Crippen LogP contribution is -2.28. The molecule has 0 spiro atoms. The first kappa shape index (κ1) is 40.8. The number of aliphatic hydroxyl groups excluding tert-OH is 2. The highest BCUT2D eigenvalue weighted by Gasteiger charge is 2.12. The second-order valence-corrected chi connectivity index (χ2v) is 12.2. The number of hydrogen-bond acceptors (Lipinski definition) is 8. The predicted octanol–water partition coefficient (Wildman–Crippen LogP) is 5.83. The molecule has 1 unspecified atom stereocenters. The van der Waals surface area contributed by atoms with E-state index in [1.54, 1.807) is 24.3 Å². The Kier molecular flexibility index (Phi) is 26.4. The summed E-state index contributed by atoms with van der Waals surface area (Å²) >= 11 is 0.918. The molecule has 45 heavy (non-hydrogen) atoms. The Bertz CT molecular complexity index is 927. The highest BCUT2D eigenvalue weighted by atomic mass is 32.2. The normalized spacial score (nSPS) is 12.0. The lowest BCUT2D eigenvalue weighted by Gasteiger charge is -2.09. The second-order valence-electron chi connectivity index (χ2n) is 11.2. The quantitative estimate of drug-likeness (QED) is 0.0629. The topological polar surface area (TPSA) is 134 Å². The largest absolute Gasteiger partial charge is 0.394 e. The van der Waals surface area contributed by atoms with Gasteiger partial charge in [0.2, 0.25) is 11.0 Å². The summed E-state index contributed by atoms with van der Waals surface area (Å²) in [5.41, 5.74) is 0.845. The number of aliphatic hydroxyl groups is 2. The first-order chi connectivity index (χ1) is 22.0. The maximum Gasteiger partial charge on any atom is 0.251 e. The molecule has 0 heterocycles. The molecule has 0 aromatic heterocycles. The maximum atomic E-state index is 12.3. The van der Waals surface area contributed by atoms with Gasteiger partial charge in [-0.25, -0.2) is 0 Å². The Morgan fingerprint density at radius 2 is 1.29 bits per heavy atom. The Balaban J connectivity index is 1.89. The third-order valence-electron chi connectivity index (χ3n) is 7.14. The summed E-state index contributed by atoms with van der Waals surface area (Å²) in [6.07, 6.45) is 20.5. The van der Waals surface area contributed by atoms with Crippen LogP contribution in [-0.2, 0) is 14.3 Å². The van der Waals surface area contributed by atoms with Crippen LogP contribution in [0.4, 0.5) is 0 Å². The zero-order valence-corrected chi connectivity index (χ0v) is 28.3. The van der Waals surface area contributed by atoms with Crippen LogP contribution in [0.2, 0.25) is 0 Å². The standard InChI is InChI=1S/C35H58N2O7S/c1-2-3-4-5-6-7-8-9-10-11-12-13-14-15-16-17-33(40)36-22-24-43-26-27-44-25-23-37-34(41)30-18-20-31(21-19-30)35(42)45-29-32(39)28-38/h9-10,18-21,32,38-39H,2-8,11-17,22-29H2,1H3,(H,36,40)(H,37,41)/b10-9-. The molecule has 1 atom stereocenters. The Morgan fingerprint density at radius 3 is 1.89 bits per heavy atom. The van der Waals surface area contributed by atoms with Crippen molar-refractivity contribution in [2.75, 3.05) is 51.9 Å². The van der Waals surface area contributed by atoms with Gasteiger partial charge in [0, 0.05) is 36.4 Å². The van der Waals surface area contributed by atoms with Crippen LogP contribution < -0.4 is 10.6 Å². The van der Waals surface area contributed by atoms with Gasteiger partial charge in [0.15, 0.2) is 0 Å².